The van der Waals surface area contributed by atoms with E-state index in [4.69, 9.17) is 11.6 Å². The fourth-order valence-electron chi connectivity index (χ4n) is 3.69. The van der Waals surface area contributed by atoms with Crippen molar-refractivity contribution in [3.63, 3.8) is 0 Å². The molecule has 0 saturated heterocycles. The van der Waals surface area contributed by atoms with Gasteiger partial charge in [-0.2, -0.15) is 0 Å². The molecular weight excluding hydrogens is 510 g/mol. The molecule has 37 heavy (non-hydrogen) atoms. The number of nitrogens with zero attached hydrogens (tertiary/aromatic N) is 2. The summed E-state index contributed by atoms with van der Waals surface area (Å²) in [5.74, 6) is -0.803. The molecule has 3 aromatic rings. The lowest BCUT2D eigenvalue weighted by Crippen LogP contribution is -2.52. The van der Waals surface area contributed by atoms with Crippen LogP contribution < -0.4 is 9.62 Å². The molecule has 2 atom stereocenters. The van der Waals surface area contributed by atoms with E-state index >= 15 is 0 Å². The van der Waals surface area contributed by atoms with E-state index in [1.807, 2.05) is 44.2 Å². The highest BCUT2D eigenvalue weighted by Crippen LogP contribution is 2.25. The predicted octanol–water partition coefficient (Wildman–Crippen LogP) is 4.87. The van der Waals surface area contributed by atoms with E-state index in [1.165, 1.54) is 29.2 Å². The highest BCUT2D eigenvalue weighted by Gasteiger charge is 2.32. The molecule has 7 nitrogen and oxygen atoms in total. The minimum absolute atomic E-state index is 0.00530. The number of amides is 2. The van der Waals surface area contributed by atoms with Crippen molar-refractivity contribution >= 4 is 39.1 Å². The predicted molar refractivity (Wildman–Crippen MR) is 147 cm³/mol. The van der Waals surface area contributed by atoms with E-state index in [0.717, 1.165) is 16.3 Å². The molecule has 3 rings (SSSR count). The Bertz CT molecular complexity index is 1290. The number of carbonyl (C=O) groups is 2. The molecule has 0 spiro atoms. The van der Waals surface area contributed by atoms with Crippen LogP contribution in [0.25, 0.3) is 0 Å². The first-order chi connectivity index (χ1) is 17.6. The average molecular weight is 542 g/mol. The van der Waals surface area contributed by atoms with Gasteiger partial charge in [0, 0.05) is 17.6 Å². The van der Waals surface area contributed by atoms with Gasteiger partial charge < -0.3 is 10.2 Å². The number of rotatable bonds is 11. The van der Waals surface area contributed by atoms with Gasteiger partial charge in [0.25, 0.3) is 10.0 Å². The van der Waals surface area contributed by atoms with Crippen LogP contribution in [0.15, 0.2) is 89.8 Å². The zero-order valence-electron chi connectivity index (χ0n) is 21.2. The van der Waals surface area contributed by atoms with Crippen molar-refractivity contribution in [2.75, 3.05) is 10.8 Å². The van der Waals surface area contributed by atoms with Crippen LogP contribution in [0.1, 0.15) is 32.8 Å². The molecule has 0 bridgehead atoms. The highest BCUT2D eigenvalue weighted by atomic mass is 35.5. The molecule has 196 valence electrons. The zero-order valence-corrected chi connectivity index (χ0v) is 22.7. The first-order valence-corrected chi connectivity index (χ1v) is 13.9. The van der Waals surface area contributed by atoms with E-state index in [9.17, 15) is 18.0 Å². The molecule has 0 aliphatic heterocycles. The molecule has 0 fully saturated rings. The van der Waals surface area contributed by atoms with Gasteiger partial charge >= 0.3 is 0 Å². The summed E-state index contributed by atoms with van der Waals surface area (Å²) in [6.07, 6.45) is 0.742. The number of para-hydroxylation sites is 1. The molecule has 3 aromatic carbocycles. The number of anilines is 1. The summed E-state index contributed by atoms with van der Waals surface area (Å²) < 4.78 is 28.4. The summed E-state index contributed by atoms with van der Waals surface area (Å²) in [7, 11) is -4.11. The highest BCUT2D eigenvalue weighted by molar-refractivity contribution is 7.92. The number of nitrogens with one attached hydrogen (secondary N) is 1. The number of hydrogen-bond acceptors (Lipinski definition) is 4. The van der Waals surface area contributed by atoms with E-state index < -0.39 is 28.5 Å². The van der Waals surface area contributed by atoms with Gasteiger partial charge in [-0.1, -0.05) is 67.1 Å². The number of benzene rings is 3. The smallest absolute Gasteiger partial charge is 0.264 e. The van der Waals surface area contributed by atoms with E-state index in [-0.39, 0.29) is 23.4 Å². The molecule has 0 heterocycles. The van der Waals surface area contributed by atoms with Gasteiger partial charge in [0.05, 0.1) is 10.6 Å². The van der Waals surface area contributed by atoms with Crippen molar-refractivity contribution in [2.45, 2.75) is 50.7 Å². The summed E-state index contributed by atoms with van der Waals surface area (Å²) in [6, 6.07) is 22.6. The Morgan fingerprint density at radius 1 is 0.892 bits per heavy atom. The summed E-state index contributed by atoms with van der Waals surface area (Å²) in [4.78, 5) is 28.2. The van der Waals surface area contributed by atoms with Crippen molar-refractivity contribution in [1.29, 1.82) is 0 Å². The van der Waals surface area contributed by atoms with Crippen LogP contribution in [0.5, 0.6) is 0 Å². The Balaban J connectivity index is 1.98. The van der Waals surface area contributed by atoms with E-state index in [0.29, 0.717) is 10.7 Å². The second kappa shape index (κ2) is 12.7. The van der Waals surface area contributed by atoms with Crippen LogP contribution in [0.2, 0.25) is 5.02 Å². The number of hydrogen-bond donors (Lipinski definition) is 1. The van der Waals surface area contributed by atoms with Crippen molar-refractivity contribution in [3.05, 3.63) is 95.5 Å². The minimum atomic E-state index is -4.11. The first kappa shape index (κ1) is 28.2. The molecule has 0 aromatic heterocycles. The largest absolute Gasteiger partial charge is 0.352 e. The third-order valence-corrected chi connectivity index (χ3v) is 8.13. The van der Waals surface area contributed by atoms with Crippen LogP contribution in [0.3, 0.4) is 0 Å². The van der Waals surface area contributed by atoms with Crippen molar-refractivity contribution in [2.24, 2.45) is 0 Å². The number of carbonyl (C=O) groups excluding carboxylic acids is 2. The van der Waals surface area contributed by atoms with Crippen LogP contribution >= 0.6 is 11.6 Å². The zero-order chi connectivity index (χ0) is 27.0. The van der Waals surface area contributed by atoms with Crippen LogP contribution in [-0.4, -0.2) is 43.8 Å². The molecule has 9 heteroatoms. The van der Waals surface area contributed by atoms with Crippen LogP contribution in [0, 0.1) is 0 Å². The van der Waals surface area contributed by atoms with E-state index in [1.54, 1.807) is 37.3 Å². The maximum absolute atomic E-state index is 13.8. The molecule has 1 N–H and O–H groups in total. The minimum Gasteiger partial charge on any atom is -0.352 e. The van der Waals surface area contributed by atoms with Gasteiger partial charge in [0.15, 0.2) is 0 Å². The maximum Gasteiger partial charge on any atom is 0.264 e. The fourth-order valence-corrected chi connectivity index (χ4v) is 5.23. The Labute approximate surface area is 224 Å². The Morgan fingerprint density at radius 2 is 1.46 bits per heavy atom. The normalized spacial score (nSPS) is 12.9. The number of halogens is 1. The average Bonchev–Trinajstić information content (AvgIpc) is 2.91. The standard InChI is InChI=1S/C28H32ClN3O4S/c1-4-21(2)30-28(34)22(3)31(19-23-11-7-5-8-12-23)27(33)20-32(25-13-9-6-10-14-25)37(35,36)26-17-15-24(29)16-18-26/h5-18,21-22H,4,19-20H2,1-3H3,(H,30,34)/t21-,22-/m0/s1. The van der Waals surface area contributed by atoms with Gasteiger partial charge in [-0.25, -0.2) is 8.42 Å². The summed E-state index contributed by atoms with van der Waals surface area (Å²) >= 11 is 5.97. The third-order valence-electron chi connectivity index (χ3n) is 6.09. The second-order valence-electron chi connectivity index (χ2n) is 8.80. The molecule has 0 aliphatic rings. The Morgan fingerprint density at radius 3 is 2.03 bits per heavy atom. The lowest BCUT2D eigenvalue weighted by atomic mass is 10.1. The fraction of sp³-hybridized carbons (Fsp3) is 0.286. The molecule has 0 saturated carbocycles. The number of sulfonamides is 1. The summed E-state index contributed by atoms with van der Waals surface area (Å²) in [6.45, 7) is 5.17. The monoisotopic (exact) mass is 541 g/mol. The van der Waals surface area contributed by atoms with Gasteiger partial charge in [0.1, 0.15) is 12.6 Å². The quantitative estimate of drug-likeness (QED) is 0.375. The third kappa shape index (κ3) is 7.33. The maximum atomic E-state index is 13.8. The van der Waals surface area contributed by atoms with Crippen LogP contribution in [0.4, 0.5) is 5.69 Å². The van der Waals surface area contributed by atoms with Gasteiger partial charge in [-0.05, 0) is 62.2 Å². The van der Waals surface area contributed by atoms with E-state index in [2.05, 4.69) is 5.32 Å². The van der Waals surface area contributed by atoms with Gasteiger partial charge in [0.2, 0.25) is 11.8 Å². The van der Waals surface area contributed by atoms with Crippen molar-refractivity contribution in [3.8, 4) is 0 Å². The molecule has 0 unspecified atom stereocenters. The van der Waals surface area contributed by atoms with Gasteiger partial charge in [-0.3, -0.25) is 13.9 Å². The van der Waals surface area contributed by atoms with Crippen molar-refractivity contribution in [1.82, 2.24) is 10.2 Å². The molecular formula is C28H32ClN3O4S. The lowest BCUT2D eigenvalue weighted by Gasteiger charge is -2.32. The Hall–Kier alpha value is -3.36. The topological polar surface area (TPSA) is 86.8 Å². The first-order valence-electron chi connectivity index (χ1n) is 12.1. The summed E-state index contributed by atoms with van der Waals surface area (Å²) in [5.41, 5.74) is 1.16. The SMILES string of the molecule is CC[C@H](C)NC(=O)[C@H](C)N(Cc1ccccc1)C(=O)CN(c1ccccc1)S(=O)(=O)c1ccc(Cl)cc1. The molecule has 0 radical (unpaired) electrons. The van der Waals surface area contributed by atoms with Gasteiger partial charge in [-0.15, -0.1) is 0 Å². The Kier molecular flexibility index (Phi) is 9.72. The van der Waals surface area contributed by atoms with Crippen molar-refractivity contribution < 1.29 is 18.0 Å². The second-order valence-corrected chi connectivity index (χ2v) is 11.1. The van der Waals surface area contributed by atoms with Crippen LogP contribution in [-0.2, 0) is 26.2 Å². The lowest BCUT2D eigenvalue weighted by molar-refractivity contribution is -0.139. The molecule has 0 aliphatic carbocycles. The molecule has 2 amide bonds. The summed E-state index contributed by atoms with van der Waals surface area (Å²) in [5, 5.41) is 3.32.